The summed E-state index contributed by atoms with van der Waals surface area (Å²) >= 11 is 0. The minimum absolute atomic E-state index is 0.0511. The van der Waals surface area contributed by atoms with Crippen LogP contribution in [-0.2, 0) is 14.8 Å². The largest absolute Gasteiger partial charge is 0.377 e. The molecule has 2 rings (SSSR count). The molecule has 1 aromatic carbocycles. The Morgan fingerprint density at radius 3 is 2.46 bits per heavy atom. The quantitative estimate of drug-likeness (QED) is 0.748. The maximum absolute atomic E-state index is 12.3. The number of sulfonamides is 1. The van der Waals surface area contributed by atoms with Crippen LogP contribution in [0.25, 0.3) is 0 Å². The van der Waals surface area contributed by atoms with Gasteiger partial charge in [0.25, 0.3) is 5.91 Å². The topological polar surface area (TPSA) is 84.5 Å². The second-order valence-corrected chi connectivity index (χ2v) is 7.77. The summed E-state index contributed by atoms with van der Waals surface area (Å²) in [5.41, 5.74) is 0.458. The van der Waals surface area contributed by atoms with Crippen molar-refractivity contribution in [1.29, 1.82) is 0 Å². The molecule has 1 aliphatic heterocycles. The summed E-state index contributed by atoms with van der Waals surface area (Å²) in [6.45, 7) is 5.00. The van der Waals surface area contributed by atoms with Crippen molar-refractivity contribution in [3.05, 3.63) is 29.8 Å². The van der Waals surface area contributed by atoms with Gasteiger partial charge in [-0.05, 0) is 49.9 Å². The van der Waals surface area contributed by atoms with Gasteiger partial charge >= 0.3 is 0 Å². The smallest absolute Gasteiger partial charge is 0.251 e. The lowest BCUT2D eigenvalue weighted by atomic mass is 10.1. The molecule has 0 bridgehead atoms. The number of hydrogen-bond acceptors (Lipinski definition) is 4. The highest BCUT2D eigenvalue weighted by molar-refractivity contribution is 7.89. The van der Waals surface area contributed by atoms with E-state index in [0.717, 1.165) is 25.7 Å². The van der Waals surface area contributed by atoms with Gasteiger partial charge in [0.2, 0.25) is 10.0 Å². The Bertz CT molecular complexity index is 633. The lowest BCUT2D eigenvalue weighted by Crippen LogP contribution is -2.34. The highest BCUT2D eigenvalue weighted by Crippen LogP contribution is 2.14. The number of amides is 1. The minimum Gasteiger partial charge on any atom is -0.377 e. The molecular weight excluding hydrogens is 328 g/mol. The lowest BCUT2D eigenvalue weighted by Gasteiger charge is -2.15. The first-order valence-corrected chi connectivity index (χ1v) is 9.96. The van der Waals surface area contributed by atoms with Crippen LogP contribution in [0.4, 0.5) is 0 Å². The number of carbonyl (C=O) groups is 1. The van der Waals surface area contributed by atoms with Crippen LogP contribution in [0.3, 0.4) is 0 Å². The first kappa shape index (κ1) is 18.9. The zero-order chi connectivity index (χ0) is 17.6. The van der Waals surface area contributed by atoms with E-state index < -0.39 is 10.0 Å². The van der Waals surface area contributed by atoms with Crippen LogP contribution < -0.4 is 10.0 Å². The van der Waals surface area contributed by atoms with Crippen molar-refractivity contribution in [2.45, 2.75) is 56.6 Å². The SMILES string of the molecule is CCC(CC)NC(=O)c1ccc(S(=O)(=O)NCC2CCCO2)cc1. The normalized spacial score (nSPS) is 18.0. The number of nitrogens with one attached hydrogen (secondary N) is 2. The maximum Gasteiger partial charge on any atom is 0.251 e. The van der Waals surface area contributed by atoms with Crippen LogP contribution in [0.1, 0.15) is 49.9 Å². The van der Waals surface area contributed by atoms with Gasteiger partial charge in [0.15, 0.2) is 0 Å². The van der Waals surface area contributed by atoms with Crippen molar-refractivity contribution in [2.75, 3.05) is 13.2 Å². The third kappa shape index (κ3) is 5.03. The van der Waals surface area contributed by atoms with Gasteiger partial charge in [-0.15, -0.1) is 0 Å². The lowest BCUT2D eigenvalue weighted by molar-refractivity contribution is 0.0934. The summed E-state index contributed by atoms with van der Waals surface area (Å²) in [5.74, 6) is -0.181. The Balaban J connectivity index is 1.98. The summed E-state index contributed by atoms with van der Waals surface area (Å²) < 4.78 is 32.5. The molecule has 134 valence electrons. The van der Waals surface area contributed by atoms with Crippen LogP contribution in [0.15, 0.2) is 29.2 Å². The van der Waals surface area contributed by atoms with E-state index in [2.05, 4.69) is 10.0 Å². The third-order valence-electron chi connectivity index (χ3n) is 4.27. The number of rotatable bonds is 8. The van der Waals surface area contributed by atoms with Gasteiger partial charge in [0.05, 0.1) is 11.0 Å². The predicted molar refractivity (Wildman–Crippen MR) is 92.4 cm³/mol. The van der Waals surface area contributed by atoms with Crippen molar-refractivity contribution in [2.24, 2.45) is 0 Å². The van der Waals surface area contributed by atoms with Crippen LogP contribution in [-0.4, -0.2) is 39.6 Å². The fourth-order valence-corrected chi connectivity index (χ4v) is 3.70. The van der Waals surface area contributed by atoms with Gasteiger partial charge in [-0.25, -0.2) is 13.1 Å². The summed E-state index contributed by atoms with van der Waals surface area (Å²) in [7, 11) is -3.58. The Morgan fingerprint density at radius 2 is 1.92 bits per heavy atom. The second-order valence-electron chi connectivity index (χ2n) is 6.00. The average Bonchev–Trinajstić information content (AvgIpc) is 3.11. The van der Waals surface area contributed by atoms with Crippen LogP contribution in [0.5, 0.6) is 0 Å². The molecule has 6 nitrogen and oxygen atoms in total. The van der Waals surface area contributed by atoms with Gasteiger partial charge in [0.1, 0.15) is 0 Å². The summed E-state index contributed by atoms with van der Waals surface area (Å²) in [4.78, 5) is 12.3. The average molecular weight is 354 g/mol. The molecule has 1 fully saturated rings. The molecule has 0 spiro atoms. The van der Waals surface area contributed by atoms with Crippen molar-refractivity contribution in [1.82, 2.24) is 10.0 Å². The molecule has 24 heavy (non-hydrogen) atoms. The number of carbonyl (C=O) groups excluding carboxylic acids is 1. The molecular formula is C17H26N2O4S. The first-order chi connectivity index (χ1) is 11.5. The van der Waals surface area contributed by atoms with Gasteiger partial charge in [0, 0.05) is 24.8 Å². The van der Waals surface area contributed by atoms with E-state index in [1.807, 2.05) is 13.8 Å². The van der Waals surface area contributed by atoms with E-state index in [-0.39, 0.29) is 29.5 Å². The fraction of sp³-hybridized carbons (Fsp3) is 0.588. The van der Waals surface area contributed by atoms with E-state index in [4.69, 9.17) is 4.74 Å². The van der Waals surface area contributed by atoms with Crippen LogP contribution >= 0.6 is 0 Å². The number of ether oxygens (including phenoxy) is 1. The fourth-order valence-electron chi connectivity index (χ4n) is 2.64. The van der Waals surface area contributed by atoms with E-state index in [1.54, 1.807) is 12.1 Å². The Kier molecular flexibility index (Phi) is 6.77. The Labute approximate surface area is 144 Å². The summed E-state index contributed by atoms with van der Waals surface area (Å²) in [6, 6.07) is 6.13. The molecule has 1 unspecified atom stereocenters. The van der Waals surface area contributed by atoms with E-state index in [0.29, 0.717) is 12.2 Å². The van der Waals surface area contributed by atoms with Crippen LogP contribution in [0, 0.1) is 0 Å². The molecule has 1 amide bonds. The van der Waals surface area contributed by atoms with Crippen molar-refractivity contribution >= 4 is 15.9 Å². The Morgan fingerprint density at radius 1 is 1.25 bits per heavy atom. The molecule has 1 aromatic rings. The molecule has 0 saturated carbocycles. The summed E-state index contributed by atoms with van der Waals surface area (Å²) in [5, 5.41) is 2.93. The first-order valence-electron chi connectivity index (χ1n) is 8.48. The molecule has 1 saturated heterocycles. The van der Waals surface area contributed by atoms with Gasteiger partial charge in [-0.3, -0.25) is 4.79 Å². The zero-order valence-corrected chi connectivity index (χ0v) is 15.1. The van der Waals surface area contributed by atoms with E-state index >= 15 is 0 Å². The second kappa shape index (κ2) is 8.60. The molecule has 1 heterocycles. The number of hydrogen-bond donors (Lipinski definition) is 2. The molecule has 1 atom stereocenters. The van der Waals surface area contributed by atoms with E-state index in [9.17, 15) is 13.2 Å². The highest BCUT2D eigenvalue weighted by Gasteiger charge is 2.20. The zero-order valence-electron chi connectivity index (χ0n) is 14.2. The maximum atomic E-state index is 12.3. The standard InChI is InChI=1S/C17H26N2O4S/c1-3-14(4-2)19-17(20)13-7-9-16(10-8-13)24(21,22)18-12-15-6-5-11-23-15/h7-10,14-15,18H,3-6,11-12H2,1-2H3,(H,19,20). The molecule has 1 aliphatic rings. The molecule has 0 aliphatic carbocycles. The van der Waals surface area contributed by atoms with Gasteiger partial charge < -0.3 is 10.1 Å². The van der Waals surface area contributed by atoms with E-state index in [1.165, 1.54) is 12.1 Å². The van der Waals surface area contributed by atoms with Crippen molar-refractivity contribution in [3.8, 4) is 0 Å². The highest BCUT2D eigenvalue weighted by atomic mass is 32.2. The number of benzene rings is 1. The minimum atomic E-state index is -3.58. The molecule has 0 radical (unpaired) electrons. The monoisotopic (exact) mass is 354 g/mol. The van der Waals surface area contributed by atoms with Gasteiger partial charge in [-0.1, -0.05) is 13.8 Å². The Hall–Kier alpha value is -1.44. The molecule has 2 N–H and O–H groups in total. The van der Waals surface area contributed by atoms with Gasteiger partial charge in [-0.2, -0.15) is 0 Å². The van der Waals surface area contributed by atoms with Crippen molar-refractivity contribution in [3.63, 3.8) is 0 Å². The van der Waals surface area contributed by atoms with Crippen LogP contribution in [0.2, 0.25) is 0 Å². The van der Waals surface area contributed by atoms with Crippen molar-refractivity contribution < 1.29 is 17.9 Å². The molecule has 7 heteroatoms. The summed E-state index contributed by atoms with van der Waals surface area (Å²) in [6.07, 6.45) is 3.51. The predicted octanol–water partition coefficient (Wildman–Crippen LogP) is 2.06. The third-order valence-corrected chi connectivity index (χ3v) is 5.71. The molecule has 0 aromatic heterocycles.